The Morgan fingerprint density at radius 1 is 1.31 bits per heavy atom. The first-order valence-corrected chi connectivity index (χ1v) is 5.62. The van der Waals surface area contributed by atoms with Gasteiger partial charge in [-0.05, 0) is 24.8 Å². The Morgan fingerprint density at radius 3 is 2.88 bits per heavy atom. The van der Waals surface area contributed by atoms with E-state index < -0.39 is 0 Å². The van der Waals surface area contributed by atoms with Crippen molar-refractivity contribution < 1.29 is 9.53 Å². The van der Waals surface area contributed by atoms with Gasteiger partial charge in [-0.3, -0.25) is 0 Å². The van der Waals surface area contributed by atoms with Crippen LogP contribution in [0.25, 0.3) is 0 Å². The fourth-order valence-corrected chi connectivity index (χ4v) is 2.09. The largest absolute Gasteiger partial charge is 0.371 e. The summed E-state index contributed by atoms with van der Waals surface area (Å²) in [5.41, 5.74) is 1.16. The molecule has 16 heavy (non-hydrogen) atoms. The molecule has 2 unspecified atom stereocenters. The van der Waals surface area contributed by atoms with Crippen LogP contribution in [0.2, 0.25) is 0 Å². The van der Waals surface area contributed by atoms with Crippen molar-refractivity contribution in [2.24, 2.45) is 4.99 Å². The third-order valence-electron chi connectivity index (χ3n) is 2.94. The van der Waals surface area contributed by atoms with E-state index >= 15 is 0 Å². The Balaban J connectivity index is 1.88. The van der Waals surface area contributed by atoms with Crippen molar-refractivity contribution >= 4 is 6.08 Å². The van der Waals surface area contributed by atoms with Gasteiger partial charge in [0.1, 0.15) is 0 Å². The monoisotopic (exact) mass is 217 g/mol. The number of ether oxygens (including phenoxy) is 1. The number of nitrogens with zero attached hydrogens (tertiary/aromatic N) is 1. The number of hydrogen-bond acceptors (Lipinski definition) is 3. The molecule has 1 aliphatic rings. The van der Waals surface area contributed by atoms with Crippen molar-refractivity contribution in [2.75, 3.05) is 0 Å². The van der Waals surface area contributed by atoms with Crippen LogP contribution < -0.4 is 0 Å². The summed E-state index contributed by atoms with van der Waals surface area (Å²) in [6, 6.07) is 10.1. The SMILES string of the molecule is O=C=NC1CCCC1OCc1ccccc1. The van der Waals surface area contributed by atoms with Gasteiger partial charge in [0.05, 0.1) is 18.8 Å². The van der Waals surface area contributed by atoms with E-state index in [2.05, 4.69) is 4.99 Å². The van der Waals surface area contributed by atoms with Crippen LogP contribution >= 0.6 is 0 Å². The van der Waals surface area contributed by atoms with E-state index in [4.69, 9.17) is 4.74 Å². The van der Waals surface area contributed by atoms with Crippen LogP contribution in [0.5, 0.6) is 0 Å². The molecule has 3 nitrogen and oxygen atoms in total. The van der Waals surface area contributed by atoms with Gasteiger partial charge in [0.25, 0.3) is 0 Å². The summed E-state index contributed by atoms with van der Waals surface area (Å²) in [6.07, 6.45) is 4.72. The zero-order valence-electron chi connectivity index (χ0n) is 9.13. The van der Waals surface area contributed by atoms with Crippen LogP contribution in [0.15, 0.2) is 35.3 Å². The third-order valence-corrected chi connectivity index (χ3v) is 2.94. The maximum absolute atomic E-state index is 10.2. The Bertz CT molecular complexity index is 371. The Hall–Kier alpha value is -1.44. The molecule has 0 saturated heterocycles. The lowest BCUT2D eigenvalue weighted by molar-refractivity contribution is 0.0362. The quantitative estimate of drug-likeness (QED) is 0.574. The molecule has 1 aromatic rings. The summed E-state index contributed by atoms with van der Waals surface area (Å²) >= 11 is 0. The first kappa shape index (κ1) is 11.1. The van der Waals surface area contributed by atoms with Gasteiger partial charge in [-0.15, -0.1) is 0 Å². The van der Waals surface area contributed by atoms with Crippen molar-refractivity contribution in [2.45, 2.75) is 38.0 Å². The molecule has 0 N–H and O–H groups in total. The van der Waals surface area contributed by atoms with E-state index in [1.807, 2.05) is 30.3 Å². The summed E-state index contributed by atoms with van der Waals surface area (Å²) in [7, 11) is 0. The summed E-state index contributed by atoms with van der Waals surface area (Å²) in [4.78, 5) is 14.0. The van der Waals surface area contributed by atoms with Gasteiger partial charge >= 0.3 is 0 Å². The first-order valence-electron chi connectivity index (χ1n) is 5.62. The molecule has 2 atom stereocenters. The van der Waals surface area contributed by atoms with Crippen molar-refractivity contribution in [3.8, 4) is 0 Å². The van der Waals surface area contributed by atoms with Gasteiger partial charge in [-0.1, -0.05) is 30.3 Å². The second kappa shape index (κ2) is 5.59. The Morgan fingerprint density at radius 2 is 2.12 bits per heavy atom. The minimum atomic E-state index is 0.0150. The zero-order chi connectivity index (χ0) is 11.2. The Labute approximate surface area is 95.2 Å². The molecule has 0 radical (unpaired) electrons. The molecule has 2 rings (SSSR count). The first-order chi connectivity index (χ1) is 7.90. The van der Waals surface area contributed by atoms with Gasteiger partial charge < -0.3 is 4.74 Å². The highest BCUT2D eigenvalue weighted by Crippen LogP contribution is 2.25. The molecule has 1 saturated carbocycles. The number of aliphatic imine (C=N–C) groups is 1. The van der Waals surface area contributed by atoms with Gasteiger partial charge in [0.2, 0.25) is 6.08 Å². The van der Waals surface area contributed by atoms with E-state index in [1.54, 1.807) is 6.08 Å². The maximum Gasteiger partial charge on any atom is 0.235 e. The van der Waals surface area contributed by atoms with Gasteiger partial charge in [0, 0.05) is 0 Å². The molecular formula is C13H15NO2. The van der Waals surface area contributed by atoms with Gasteiger partial charge in [-0.2, -0.15) is 4.99 Å². The molecule has 0 aromatic heterocycles. The van der Waals surface area contributed by atoms with Crippen molar-refractivity contribution in [3.05, 3.63) is 35.9 Å². The van der Waals surface area contributed by atoms with Crippen LogP contribution in [0, 0.1) is 0 Å². The lowest BCUT2D eigenvalue weighted by Gasteiger charge is -2.15. The van der Waals surface area contributed by atoms with E-state index in [1.165, 1.54) is 0 Å². The molecule has 3 heteroatoms. The van der Waals surface area contributed by atoms with Crippen molar-refractivity contribution in [3.63, 3.8) is 0 Å². The molecule has 84 valence electrons. The normalized spacial score (nSPS) is 24.0. The number of rotatable bonds is 4. The molecule has 1 fully saturated rings. The second-order valence-electron chi connectivity index (χ2n) is 4.05. The average Bonchev–Trinajstić information content (AvgIpc) is 2.76. The third kappa shape index (κ3) is 2.78. The smallest absolute Gasteiger partial charge is 0.235 e. The highest BCUT2D eigenvalue weighted by Gasteiger charge is 2.27. The summed E-state index contributed by atoms with van der Waals surface area (Å²) in [5.74, 6) is 0. The fraction of sp³-hybridized carbons (Fsp3) is 0.462. The number of carbonyl (C=O) groups excluding carboxylic acids is 1. The van der Waals surface area contributed by atoms with Crippen molar-refractivity contribution in [1.29, 1.82) is 0 Å². The predicted octanol–water partition coefficient (Wildman–Crippen LogP) is 2.46. The van der Waals surface area contributed by atoms with Crippen LogP contribution in [-0.2, 0) is 16.1 Å². The molecular weight excluding hydrogens is 202 g/mol. The van der Waals surface area contributed by atoms with E-state index in [0.717, 1.165) is 24.8 Å². The van der Waals surface area contributed by atoms with Crippen LogP contribution in [0.4, 0.5) is 0 Å². The van der Waals surface area contributed by atoms with E-state index in [-0.39, 0.29) is 12.1 Å². The predicted molar refractivity (Wildman–Crippen MR) is 60.8 cm³/mol. The molecule has 0 amide bonds. The number of benzene rings is 1. The minimum absolute atomic E-state index is 0.0150. The second-order valence-corrected chi connectivity index (χ2v) is 4.05. The zero-order valence-corrected chi connectivity index (χ0v) is 9.13. The van der Waals surface area contributed by atoms with Crippen LogP contribution in [-0.4, -0.2) is 18.2 Å². The highest BCUT2D eigenvalue weighted by molar-refractivity contribution is 5.34. The van der Waals surface area contributed by atoms with E-state index in [0.29, 0.717) is 6.61 Å². The summed E-state index contributed by atoms with van der Waals surface area (Å²) < 4.78 is 5.78. The highest BCUT2D eigenvalue weighted by atomic mass is 16.5. The molecule has 1 aromatic carbocycles. The van der Waals surface area contributed by atoms with Gasteiger partial charge in [-0.25, -0.2) is 4.79 Å². The van der Waals surface area contributed by atoms with E-state index in [9.17, 15) is 4.79 Å². The lowest BCUT2D eigenvalue weighted by Crippen LogP contribution is -2.21. The molecule has 0 spiro atoms. The maximum atomic E-state index is 10.2. The number of isocyanates is 1. The lowest BCUT2D eigenvalue weighted by atomic mass is 10.2. The van der Waals surface area contributed by atoms with Crippen LogP contribution in [0.3, 0.4) is 0 Å². The fourth-order valence-electron chi connectivity index (χ4n) is 2.09. The molecule has 1 aliphatic carbocycles. The number of hydrogen-bond donors (Lipinski definition) is 0. The van der Waals surface area contributed by atoms with Crippen molar-refractivity contribution in [1.82, 2.24) is 0 Å². The summed E-state index contributed by atoms with van der Waals surface area (Å²) in [6.45, 7) is 0.594. The summed E-state index contributed by atoms with van der Waals surface area (Å²) in [5, 5.41) is 0. The molecule has 0 aliphatic heterocycles. The molecule has 0 bridgehead atoms. The minimum Gasteiger partial charge on any atom is -0.371 e. The standard InChI is InChI=1S/C13H15NO2/c15-10-14-12-7-4-8-13(12)16-9-11-5-2-1-3-6-11/h1-3,5-6,12-13H,4,7-9H2. The molecule has 0 heterocycles. The van der Waals surface area contributed by atoms with Crippen LogP contribution in [0.1, 0.15) is 24.8 Å². The topological polar surface area (TPSA) is 38.7 Å². The Kier molecular flexibility index (Phi) is 3.86. The van der Waals surface area contributed by atoms with Gasteiger partial charge in [0.15, 0.2) is 0 Å². The average molecular weight is 217 g/mol.